The molecule has 1 aliphatic rings. The van der Waals surface area contributed by atoms with E-state index in [-0.39, 0.29) is 28.9 Å². The predicted molar refractivity (Wildman–Crippen MR) is 207 cm³/mol. The van der Waals surface area contributed by atoms with Gasteiger partial charge in [0.1, 0.15) is 30.4 Å². The summed E-state index contributed by atoms with van der Waals surface area (Å²) in [5.74, 6) is 1.02. The summed E-state index contributed by atoms with van der Waals surface area (Å²) in [5, 5.41) is 17.5. The molecule has 276 valence electrons. The molecule has 2 amide bonds. The Hall–Kier alpha value is -5.57. The monoisotopic (exact) mass is 715 g/mol. The van der Waals surface area contributed by atoms with Crippen LogP contribution in [0.3, 0.4) is 0 Å². The third-order valence-corrected chi connectivity index (χ3v) is 9.88. The number of hydrogen-bond donors (Lipinski definition) is 2. The van der Waals surface area contributed by atoms with Crippen molar-refractivity contribution in [2.45, 2.75) is 73.0 Å². The minimum absolute atomic E-state index is 0.0232. The number of carboxylic acid groups (broad SMARTS) is 1. The maximum Gasteiger partial charge on any atom is 0.407 e. The number of carbonyl (C=O) groups is 2. The molecule has 0 saturated carbocycles. The highest BCUT2D eigenvalue weighted by Crippen LogP contribution is 2.46. The van der Waals surface area contributed by atoms with Gasteiger partial charge < -0.3 is 29.3 Å². The van der Waals surface area contributed by atoms with Gasteiger partial charge in [-0.25, -0.2) is 4.79 Å². The van der Waals surface area contributed by atoms with Gasteiger partial charge in [-0.15, -0.1) is 0 Å². The highest BCUT2D eigenvalue weighted by Gasteiger charge is 2.35. The summed E-state index contributed by atoms with van der Waals surface area (Å²) in [6.45, 7) is 14.4. The van der Waals surface area contributed by atoms with E-state index in [4.69, 9.17) is 14.0 Å². The summed E-state index contributed by atoms with van der Waals surface area (Å²) in [7, 11) is 0. The highest BCUT2D eigenvalue weighted by molar-refractivity contribution is 6.02. The molecular weight excluding hydrogens is 666 g/mol. The molecule has 1 aliphatic heterocycles. The van der Waals surface area contributed by atoms with Crippen LogP contribution in [-0.2, 0) is 19.6 Å². The Morgan fingerprint density at radius 1 is 0.925 bits per heavy atom. The second-order valence-electron chi connectivity index (χ2n) is 15.0. The molecule has 2 N–H and O–H groups in total. The first-order chi connectivity index (χ1) is 25.4. The van der Waals surface area contributed by atoms with E-state index < -0.39 is 6.09 Å². The van der Waals surface area contributed by atoms with Gasteiger partial charge >= 0.3 is 6.09 Å². The molecule has 0 saturated heterocycles. The third-order valence-electron chi connectivity index (χ3n) is 9.88. The van der Waals surface area contributed by atoms with Crippen LogP contribution in [0.15, 0.2) is 95.5 Å². The number of aromatic nitrogens is 1. The van der Waals surface area contributed by atoms with Gasteiger partial charge in [0.2, 0.25) is 5.76 Å². The Balaban J connectivity index is 1.51. The van der Waals surface area contributed by atoms with E-state index in [1.807, 2.05) is 85.8 Å². The van der Waals surface area contributed by atoms with Gasteiger partial charge in [-0.3, -0.25) is 4.79 Å². The molecule has 0 spiro atoms. The maximum absolute atomic E-state index is 13.6. The van der Waals surface area contributed by atoms with E-state index in [0.29, 0.717) is 67.6 Å². The number of amides is 2. The molecule has 6 rings (SSSR count). The molecule has 9 heteroatoms. The number of nitrogens with one attached hydrogen (secondary N) is 1. The first-order valence-electron chi connectivity index (χ1n) is 18.3. The molecule has 0 aliphatic carbocycles. The van der Waals surface area contributed by atoms with E-state index in [0.717, 1.165) is 33.4 Å². The zero-order valence-electron chi connectivity index (χ0n) is 31.4. The normalized spacial score (nSPS) is 14.4. The minimum Gasteiger partial charge on any atom is -0.488 e. The van der Waals surface area contributed by atoms with Crippen LogP contribution in [0.25, 0.3) is 22.4 Å². The van der Waals surface area contributed by atoms with E-state index in [2.05, 4.69) is 57.2 Å². The first kappa shape index (κ1) is 37.2. The molecule has 1 aromatic heterocycles. The first-order valence-corrected chi connectivity index (χ1v) is 18.3. The minimum atomic E-state index is -0.924. The molecule has 53 heavy (non-hydrogen) atoms. The van der Waals surface area contributed by atoms with Gasteiger partial charge in [-0.1, -0.05) is 119 Å². The topological polar surface area (TPSA) is 114 Å². The fraction of sp³-hybridized carbons (Fsp3) is 0.341. The molecule has 0 bridgehead atoms. The number of hydrogen-bond acceptors (Lipinski definition) is 6. The van der Waals surface area contributed by atoms with Crippen molar-refractivity contribution in [2.75, 3.05) is 19.6 Å². The molecule has 4 aromatic carbocycles. The summed E-state index contributed by atoms with van der Waals surface area (Å²) in [6, 6.07) is 30.1. The van der Waals surface area contributed by atoms with E-state index >= 15 is 0 Å². The lowest BCUT2D eigenvalue weighted by atomic mass is 9.74. The van der Waals surface area contributed by atoms with Gasteiger partial charge in [0.25, 0.3) is 5.91 Å². The van der Waals surface area contributed by atoms with Crippen LogP contribution in [0.4, 0.5) is 4.79 Å². The van der Waals surface area contributed by atoms with Crippen molar-refractivity contribution in [3.05, 3.63) is 125 Å². The van der Waals surface area contributed by atoms with Crippen molar-refractivity contribution < 1.29 is 28.7 Å². The number of rotatable bonds is 11. The van der Waals surface area contributed by atoms with E-state index in [9.17, 15) is 14.7 Å². The summed E-state index contributed by atoms with van der Waals surface area (Å²) < 4.78 is 19.0. The average molecular weight is 716 g/mol. The third kappa shape index (κ3) is 8.40. The molecule has 9 nitrogen and oxygen atoms in total. The maximum atomic E-state index is 13.6. The van der Waals surface area contributed by atoms with Crippen LogP contribution < -0.4 is 14.8 Å². The van der Waals surface area contributed by atoms with Crippen LogP contribution in [0, 0.1) is 5.41 Å². The Labute approximate surface area is 311 Å². The second-order valence-corrected chi connectivity index (χ2v) is 15.0. The highest BCUT2D eigenvalue weighted by atomic mass is 16.5. The van der Waals surface area contributed by atoms with Crippen LogP contribution >= 0.6 is 0 Å². The predicted octanol–water partition coefficient (Wildman–Crippen LogP) is 9.71. The lowest BCUT2D eigenvalue weighted by molar-refractivity contribution is 0.0920. The summed E-state index contributed by atoms with van der Waals surface area (Å²) in [6.07, 6.45) is -0.387. The number of benzene rings is 4. The van der Waals surface area contributed by atoms with Crippen molar-refractivity contribution in [3.63, 3.8) is 0 Å². The van der Waals surface area contributed by atoms with Crippen LogP contribution in [0.1, 0.15) is 91.8 Å². The van der Waals surface area contributed by atoms with E-state index in [1.165, 1.54) is 4.90 Å². The molecule has 0 fully saturated rings. The Morgan fingerprint density at radius 3 is 2.15 bits per heavy atom. The number of fused-ring (bicyclic) bond motifs is 1. The van der Waals surface area contributed by atoms with Crippen LogP contribution in [0.2, 0.25) is 0 Å². The largest absolute Gasteiger partial charge is 0.488 e. The SMILES string of the molecule is CCNC(=O)c1onc(-c2cc(C(C)C)c(OCc3ccccc3)cc2OCc2ccccc2)c1-c1ccc2c(c1)CCN(C(=O)O)CC2C(C)(C)C. The van der Waals surface area contributed by atoms with Crippen molar-refractivity contribution in [1.82, 2.24) is 15.4 Å². The smallest absolute Gasteiger partial charge is 0.407 e. The van der Waals surface area contributed by atoms with Crippen LogP contribution in [-0.4, -0.2) is 46.8 Å². The van der Waals surface area contributed by atoms with Gasteiger partial charge in [0.15, 0.2) is 0 Å². The van der Waals surface area contributed by atoms with E-state index in [1.54, 1.807) is 0 Å². The Bertz CT molecular complexity index is 2050. The zero-order valence-corrected chi connectivity index (χ0v) is 31.4. The van der Waals surface area contributed by atoms with Crippen LogP contribution in [0.5, 0.6) is 11.5 Å². The fourth-order valence-corrected chi connectivity index (χ4v) is 6.96. The van der Waals surface area contributed by atoms with Gasteiger partial charge in [0, 0.05) is 37.2 Å². The zero-order chi connectivity index (χ0) is 37.7. The van der Waals surface area contributed by atoms with Crippen molar-refractivity contribution >= 4 is 12.0 Å². The lowest BCUT2D eigenvalue weighted by Gasteiger charge is -2.33. The molecule has 0 radical (unpaired) electrons. The molecule has 1 atom stereocenters. The van der Waals surface area contributed by atoms with Gasteiger partial charge in [0.05, 0.1) is 5.56 Å². The van der Waals surface area contributed by atoms with Gasteiger partial charge in [-0.05, 0) is 64.1 Å². The summed E-state index contributed by atoms with van der Waals surface area (Å²) >= 11 is 0. The molecular formula is C44H49N3O6. The average Bonchev–Trinajstić information content (AvgIpc) is 3.48. The number of nitrogens with zero attached hydrogens (tertiary/aromatic N) is 2. The molecule has 2 heterocycles. The molecule has 1 unspecified atom stereocenters. The van der Waals surface area contributed by atoms with Crippen molar-refractivity contribution in [2.24, 2.45) is 5.41 Å². The van der Waals surface area contributed by atoms with Crippen molar-refractivity contribution in [3.8, 4) is 33.9 Å². The summed E-state index contributed by atoms with van der Waals surface area (Å²) in [5.41, 5.74) is 7.40. The Kier molecular flexibility index (Phi) is 11.2. The van der Waals surface area contributed by atoms with Crippen molar-refractivity contribution in [1.29, 1.82) is 0 Å². The Morgan fingerprint density at radius 2 is 1.57 bits per heavy atom. The van der Waals surface area contributed by atoms with Gasteiger partial charge in [-0.2, -0.15) is 0 Å². The standard InChI is InChI=1S/C44H49N3O6/c1-7-45-42(48)41-39(32-18-19-33-31(22-32)20-21-47(43(49)50)25-36(33)44(4,5)6)40(46-53-41)35-23-34(28(2)3)37(51-26-29-14-10-8-11-15-29)24-38(35)52-27-30-16-12-9-13-17-30/h8-19,22-24,28,36H,7,20-21,25-27H2,1-6H3,(H,45,48)(H,49,50). The fourth-order valence-electron chi connectivity index (χ4n) is 6.96. The number of ether oxygens (including phenoxy) is 2. The quantitative estimate of drug-likeness (QED) is 0.140. The summed E-state index contributed by atoms with van der Waals surface area (Å²) in [4.78, 5) is 27.3. The second kappa shape index (κ2) is 16.0. The number of carbonyl (C=O) groups excluding carboxylic acids is 1. The molecule has 5 aromatic rings. The lowest BCUT2D eigenvalue weighted by Crippen LogP contribution is -2.36.